The second-order valence-corrected chi connectivity index (χ2v) is 2.90. The maximum Gasteiger partial charge on any atom is 0.0701 e. The smallest absolute Gasteiger partial charge is 0.0701 e. The summed E-state index contributed by atoms with van der Waals surface area (Å²) >= 11 is 0. The summed E-state index contributed by atoms with van der Waals surface area (Å²) in [6.07, 6.45) is 0. The third kappa shape index (κ3) is 13.8. The van der Waals surface area contributed by atoms with Crippen molar-refractivity contribution in [2.24, 2.45) is 0 Å². The third-order valence-corrected chi connectivity index (χ3v) is 1.66. The van der Waals surface area contributed by atoms with E-state index in [2.05, 4.69) is 5.32 Å². The molecular formula is C10H23NO4. The van der Waals surface area contributed by atoms with Gasteiger partial charge in [-0.15, -0.1) is 0 Å². The largest absolute Gasteiger partial charge is 0.395 e. The molecule has 0 aromatic rings. The minimum Gasteiger partial charge on any atom is -0.395 e. The maximum atomic E-state index is 8.47. The topological polar surface area (TPSA) is 60.0 Å². The number of hydrogen-bond acceptors (Lipinski definition) is 5. The van der Waals surface area contributed by atoms with Crippen molar-refractivity contribution in [3.05, 3.63) is 0 Å². The molecule has 0 bridgehead atoms. The quantitative estimate of drug-likeness (QED) is 0.441. The summed E-state index contributed by atoms with van der Waals surface area (Å²) in [6.45, 7) is 7.37. The molecular weight excluding hydrogens is 198 g/mol. The lowest BCUT2D eigenvalue weighted by atomic mass is 10.6. The molecule has 0 atom stereocenters. The lowest BCUT2D eigenvalue weighted by Gasteiger charge is -2.06. The van der Waals surface area contributed by atoms with Crippen LogP contribution in [0, 0.1) is 0 Å². The summed E-state index contributed by atoms with van der Waals surface area (Å²) in [5.74, 6) is 0. The summed E-state index contributed by atoms with van der Waals surface area (Å²) in [4.78, 5) is 0. The second-order valence-electron chi connectivity index (χ2n) is 2.90. The molecule has 0 aliphatic carbocycles. The first kappa shape index (κ1) is 14.8. The van der Waals surface area contributed by atoms with E-state index in [0.717, 1.165) is 13.2 Å². The third-order valence-electron chi connectivity index (χ3n) is 1.66. The number of hydrogen-bond donors (Lipinski definition) is 2. The Morgan fingerprint density at radius 1 is 0.867 bits per heavy atom. The maximum absolute atomic E-state index is 8.47. The highest BCUT2D eigenvalue weighted by Gasteiger charge is 1.90. The number of aliphatic hydroxyl groups excluding tert-OH is 1. The number of nitrogens with one attached hydrogen (secondary N) is 1. The predicted molar refractivity (Wildman–Crippen MR) is 58.1 cm³/mol. The Kier molecular flexibility index (Phi) is 13.6. The van der Waals surface area contributed by atoms with Gasteiger partial charge in [0.25, 0.3) is 0 Å². The van der Waals surface area contributed by atoms with E-state index < -0.39 is 0 Å². The van der Waals surface area contributed by atoms with Crippen molar-refractivity contribution in [1.82, 2.24) is 5.32 Å². The van der Waals surface area contributed by atoms with Crippen molar-refractivity contribution in [2.75, 3.05) is 59.3 Å². The van der Waals surface area contributed by atoms with Crippen molar-refractivity contribution in [3.63, 3.8) is 0 Å². The SMILES string of the molecule is CCOCCOCCOCCNCCO. The molecule has 0 saturated heterocycles. The molecule has 0 radical (unpaired) electrons. The molecule has 0 heterocycles. The minimum absolute atomic E-state index is 0.167. The summed E-state index contributed by atoms with van der Waals surface area (Å²) in [5, 5.41) is 11.5. The first-order chi connectivity index (χ1) is 7.41. The molecule has 0 unspecified atom stereocenters. The second kappa shape index (κ2) is 13.8. The molecule has 5 nitrogen and oxygen atoms in total. The van der Waals surface area contributed by atoms with E-state index in [9.17, 15) is 0 Å². The van der Waals surface area contributed by atoms with E-state index in [-0.39, 0.29) is 6.61 Å². The van der Waals surface area contributed by atoms with Crippen LogP contribution in [0.5, 0.6) is 0 Å². The molecule has 0 aromatic carbocycles. The Hall–Kier alpha value is -0.200. The highest BCUT2D eigenvalue weighted by Crippen LogP contribution is 1.80. The number of rotatable bonds is 12. The summed E-state index contributed by atoms with van der Waals surface area (Å²) in [5.41, 5.74) is 0. The Labute approximate surface area is 91.7 Å². The van der Waals surface area contributed by atoms with E-state index >= 15 is 0 Å². The zero-order valence-corrected chi connectivity index (χ0v) is 9.54. The minimum atomic E-state index is 0.167. The van der Waals surface area contributed by atoms with Gasteiger partial charge in [-0.25, -0.2) is 0 Å². The van der Waals surface area contributed by atoms with E-state index in [1.54, 1.807) is 0 Å². The van der Waals surface area contributed by atoms with Crippen LogP contribution in [0.3, 0.4) is 0 Å². The molecule has 0 aliphatic rings. The standard InChI is InChI=1S/C10H23NO4/c1-2-13-7-8-15-10-9-14-6-4-11-3-5-12/h11-12H,2-10H2,1H3. The molecule has 0 amide bonds. The van der Waals surface area contributed by atoms with Gasteiger partial charge < -0.3 is 24.6 Å². The highest BCUT2D eigenvalue weighted by molar-refractivity contribution is 4.43. The molecule has 92 valence electrons. The first-order valence-electron chi connectivity index (χ1n) is 5.46. The fourth-order valence-electron chi connectivity index (χ4n) is 0.933. The van der Waals surface area contributed by atoms with Crippen LogP contribution in [0.4, 0.5) is 0 Å². The average molecular weight is 221 g/mol. The summed E-state index contributed by atoms with van der Waals surface area (Å²) in [6, 6.07) is 0. The summed E-state index contributed by atoms with van der Waals surface area (Å²) in [7, 11) is 0. The van der Waals surface area contributed by atoms with Gasteiger partial charge >= 0.3 is 0 Å². The molecule has 0 aliphatic heterocycles. The molecule has 0 saturated carbocycles. The predicted octanol–water partition coefficient (Wildman–Crippen LogP) is -0.362. The normalized spacial score (nSPS) is 10.8. The van der Waals surface area contributed by atoms with E-state index in [4.69, 9.17) is 19.3 Å². The Bertz CT molecular complexity index is 102. The molecule has 0 rings (SSSR count). The molecule has 5 heteroatoms. The number of ether oxygens (including phenoxy) is 3. The molecule has 15 heavy (non-hydrogen) atoms. The van der Waals surface area contributed by atoms with Crippen molar-refractivity contribution >= 4 is 0 Å². The fraction of sp³-hybridized carbons (Fsp3) is 1.00. The number of aliphatic hydroxyl groups is 1. The van der Waals surface area contributed by atoms with Crippen LogP contribution in [0.25, 0.3) is 0 Å². The average Bonchev–Trinajstić information content (AvgIpc) is 2.26. The highest BCUT2D eigenvalue weighted by atomic mass is 16.5. The summed E-state index contributed by atoms with van der Waals surface area (Å²) < 4.78 is 15.6. The van der Waals surface area contributed by atoms with Gasteiger partial charge in [-0.05, 0) is 6.92 Å². The van der Waals surface area contributed by atoms with Gasteiger partial charge in [0.1, 0.15) is 0 Å². The molecule has 0 fully saturated rings. The van der Waals surface area contributed by atoms with E-state index in [1.807, 2.05) is 6.92 Å². The lowest BCUT2D eigenvalue weighted by Crippen LogP contribution is -2.23. The van der Waals surface area contributed by atoms with Gasteiger partial charge in [-0.1, -0.05) is 0 Å². The van der Waals surface area contributed by atoms with Gasteiger partial charge in [-0.2, -0.15) is 0 Å². The van der Waals surface area contributed by atoms with Crippen molar-refractivity contribution in [2.45, 2.75) is 6.92 Å². The molecule has 0 aromatic heterocycles. The van der Waals surface area contributed by atoms with Crippen LogP contribution in [0.15, 0.2) is 0 Å². The van der Waals surface area contributed by atoms with Gasteiger partial charge in [0.15, 0.2) is 0 Å². The van der Waals surface area contributed by atoms with Crippen molar-refractivity contribution in [1.29, 1.82) is 0 Å². The van der Waals surface area contributed by atoms with Crippen molar-refractivity contribution < 1.29 is 19.3 Å². The van der Waals surface area contributed by atoms with Gasteiger partial charge in [0.2, 0.25) is 0 Å². The lowest BCUT2D eigenvalue weighted by molar-refractivity contribution is 0.0175. The van der Waals surface area contributed by atoms with E-state index in [1.165, 1.54) is 0 Å². The Morgan fingerprint density at radius 3 is 2.07 bits per heavy atom. The Balaban J connectivity index is 2.81. The Morgan fingerprint density at radius 2 is 1.47 bits per heavy atom. The molecule has 2 N–H and O–H groups in total. The first-order valence-corrected chi connectivity index (χ1v) is 5.46. The zero-order chi connectivity index (χ0) is 11.2. The van der Waals surface area contributed by atoms with Crippen LogP contribution < -0.4 is 5.32 Å². The van der Waals surface area contributed by atoms with Crippen LogP contribution in [-0.4, -0.2) is 64.4 Å². The van der Waals surface area contributed by atoms with Crippen LogP contribution in [0.1, 0.15) is 6.92 Å². The van der Waals surface area contributed by atoms with E-state index in [0.29, 0.717) is 39.6 Å². The van der Waals surface area contributed by atoms with Crippen LogP contribution in [-0.2, 0) is 14.2 Å². The zero-order valence-electron chi connectivity index (χ0n) is 9.54. The molecule has 0 spiro atoms. The van der Waals surface area contributed by atoms with Gasteiger partial charge in [-0.3, -0.25) is 0 Å². The van der Waals surface area contributed by atoms with Crippen LogP contribution >= 0.6 is 0 Å². The monoisotopic (exact) mass is 221 g/mol. The van der Waals surface area contributed by atoms with Crippen molar-refractivity contribution in [3.8, 4) is 0 Å². The van der Waals surface area contributed by atoms with Gasteiger partial charge in [0, 0.05) is 19.7 Å². The van der Waals surface area contributed by atoms with Crippen LogP contribution in [0.2, 0.25) is 0 Å². The van der Waals surface area contributed by atoms with Gasteiger partial charge in [0.05, 0.1) is 39.6 Å². The fourth-order valence-corrected chi connectivity index (χ4v) is 0.933.